The molecule has 1 aliphatic heterocycles. The largest absolute Gasteiger partial charge is 0.481 e. The fourth-order valence-electron chi connectivity index (χ4n) is 7.97. The number of halogens is 2. The minimum atomic E-state index is -3.16. The topological polar surface area (TPSA) is 181 Å². The van der Waals surface area contributed by atoms with Crippen molar-refractivity contribution >= 4 is 40.9 Å². The van der Waals surface area contributed by atoms with E-state index in [1.807, 2.05) is 0 Å². The SMILES string of the molecule is CCCC(CC(=O)C1[C@H]2CCC(F)(F)[C@H]2CN1C(=O)[C@@H](NC(=O)[C@H](CC(=O)c1cnccn1)C(C)C)C(C)C)C(=O)C(=O)C[C@@H](Cc1ccccc1)C(=O)O. The van der Waals surface area contributed by atoms with Crippen molar-refractivity contribution in [3.05, 3.63) is 60.2 Å². The number of alkyl halides is 2. The lowest BCUT2D eigenvalue weighted by molar-refractivity contribution is -0.147. The molecule has 4 rings (SSSR count). The third kappa shape index (κ3) is 10.5. The lowest BCUT2D eigenvalue weighted by Gasteiger charge is -2.33. The highest BCUT2D eigenvalue weighted by molar-refractivity contribution is 6.38. The Balaban J connectivity index is 1.54. The van der Waals surface area contributed by atoms with Crippen molar-refractivity contribution in [1.82, 2.24) is 20.2 Å². The summed E-state index contributed by atoms with van der Waals surface area (Å²) in [6.45, 7) is 8.17. The summed E-state index contributed by atoms with van der Waals surface area (Å²) in [4.78, 5) is 103. The smallest absolute Gasteiger partial charge is 0.307 e. The molecule has 1 saturated heterocycles. The second kappa shape index (κ2) is 18.7. The molecule has 0 radical (unpaired) electrons. The van der Waals surface area contributed by atoms with Crippen LogP contribution in [-0.2, 0) is 35.2 Å². The number of Topliss-reactive ketones (excluding diaryl/α,β-unsaturated/α-hetero) is 4. The summed E-state index contributed by atoms with van der Waals surface area (Å²) in [6.07, 6.45) is 2.82. The fraction of sp³-hybridized carbons (Fsp3) is 0.585. The number of fused-ring (bicyclic) bond motifs is 1. The molecule has 1 saturated carbocycles. The van der Waals surface area contributed by atoms with Crippen LogP contribution < -0.4 is 5.32 Å². The van der Waals surface area contributed by atoms with Crippen LogP contribution in [0.2, 0.25) is 0 Å². The van der Waals surface area contributed by atoms with Crippen molar-refractivity contribution in [3.63, 3.8) is 0 Å². The van der Waals surface area contributed by atoms with E-state index in [9.17, 15) is 38.7 Å². The van der Waals surface area contributed by atoms with Gasteiger partial charge in [0.1, 0.15) is 11.7 Å². The van der Waals surface area contributed by atoms with Crippen molar-refractivity contribution in [2.45, 2.75) is 104 Å². The van der Waals surface area contributed by atoms with Gasteiger partial charge in [0.05, 0.1) is 18.2 Å². The molecule has 2 aromatic rings. The van der Waals surface area contributed by atoms with E-state index in [2.05, 4.69) is 15.3 Å². The number of nitrogens with one attached hydrogen (secondary N) is 1. The van der Waals surface area contributed by atoms with E-state index in [0.29, 0.717) is 12.0 Å². The molecule has 2 heterocycles. The van der Waals surface area contributed by atoms with Gasteiger partial charge in [-0.25, -0.2) is 13.8 Å². The molecule has 55 heavy (non-hydrogen) atoms. The van der Waals surface area contributed by atoms with Gasteiger partial charge in [-0.05, 0) is 42.6 Å². The number of likely N-dealkylation sites (tertiary alicyclic amines) is 1. The van der Waals surface area contributed by atoms with Crippen molar-refractivity contribution in [1.29, 1.82) is 0 Å². The van der Waals surface area contributed by atoms with Crippen molar-refractivity contribution in [3.8, 4) is 0 Å². The number of carbonyl (C=O) groups is 7. The number of nitrogens with zero attached hydrogens (tertiary/aromatic N) is 3. The quantitative estimate of drug-likeness (QED) is 0.135. The van der Waals surface area contributed by atoms with E-state index in [1.165, 1.54) is 18.6 Å². The monoisotopic (exact) mass is 766 g/mol. The highest BCUT2D eigenvalue weighted by atomic mass is 19.3. The number of carboxylic acids is 1. The van der Waals surface area contributed by atoms with E-state index in [0.717, 1.165) is 4.90 Å². The average Bonchev–Trinajstić information content (AvgIpc) is 3.68. The number of hydrogen-bond acceptors (Lipinski definition) is 9. The van der Waals surface area contributed by atoms with E-state index in [-0.39, 0.29) is 37.3 Å². The molecule has 0 spiro atoms. The number of rotatable bonds is 20. The Morgan fingerprint density at radius 2 is 1.64 bits per heavy atom. The lowest BCUT2D eigenvalue weighted by atomic mass is 9.82. The Morgan fingerprint density at radius 1 is 0.945 bits per heavy atom. The molecule has 2 aliphatic rings. The maximum atomic E-state index is 15.3. The molecule has 14 heteroatoms. The summed E-state index contributed by atoms with van der Waals surface area (Å²) in [5.41, 5.74) is 0.759. The Hall–Kier alpha value is -4.75. The first-order valence-electron chi connectivity index (χ1n) is 19.1. The highest BCUT2D eigenvalue weighted by Crippen LogP contribution is 2.51. The number of aromatic nitrogens is 2. The number of carboxylic acid groups (broad SMARTS) is 1. The van der Waals surface area contributed by atoms with Gasteiger partial charge < -0.3 is 15.3 Å². The normalized spacial score (nSPS) is 21.0. The number of aliphatic carboxylic acids is 1. The summed E-state index contributed by atoms with van der Waals surface area (Å²) < 4.78 is 30.5. The molecule has 12 nitrogen and oxygen atoms in total. The van der Waals surface area contributed by atoms with Gasteiger partial charge >= 0.3 is 5.97 Å². The Morgan fingerprint density at radius 3 is 2.22 bits per heavy atom. The summed E-state index contributed by atoms with van der Waals surface area (Å²) in [5, 5.41) is 12.6. The predicted molar refractivity (Wildman–Crippen MR) is 197 cm³/mol. The summed E-state index contributed by atoms with van der Waals surface area (Å²) in [5.74, 6) is -14.9. The molecule has 2 N–H and O–H groups in total. The Bertz CT molecular complexity index is 1720. The lowest BCUT2D eigenvalue weighted by Crippen LogP contribution is -2.56. The van der Waals surface area contributed by atoms with Crippen molar-refractivity contribution < 1.29 is 47.4 Å². The minimum Gasteiger partial charge on any atom is -0.481 e. The number of carbonyl (C=O) groups excluding carboxylic acids is 6. The molecule has 1 aromatic carbocycles. The van der Waals surface area contributed by atoms with Crippen LogP contribution in [-0.4, -0.2) is 85.4 Å². The van der Waals surface area contributed by atoms with Gasteiger partial charge in [0.25, 0.3) is 5.92 Å². The Labute approximate surface area is 320 Å². The van der Waals surface area contributed by atoms with Crippen LogP contribution in [0.15, 0.2) is 48.9 Å². The molecule has 1 aliphatic carbocycles. The summed E-state index contributed by atoms with van der Waals surface area (Å²) in [6, 6.07) is 6.12. The standard InChI is InChI=1S/C41H52F2N4O8/c1-6-10-26(37(51)34(50)19-27(40(54)55)17-25-11-8-7-9-12-25)18-33(49)36-28-13-14-41(42,43)30(28)22-47(36)39(53)35(24(4)5)46-38(52)29(23(2)3)20-32(48)31-21-44-15-16-45-31/h7-9,11-12,15-16,21,23-24,26-30,35-36H,6,10,13-14,17-20,22H2,1-5H3,(H,46,52)(H,54,55)/t26?,27-,28+,29-,30+,35+,36?/m1/s1. The van der Waals surface area contributed by atoms with Gasteiger partial charge in [-0.15, -0.1) is 0 Å². The second-order valence-electron chi connectivity index (χ2n) is 15.7. The first-order chi connectivity index (χ1) is 26.0. The molecule has 2 amide bonds. The molecule has 298 valence electrons. The zero-order chi connectivity index (χ0) is 40.6. The third-order valence-electron chi connectivity index (χ3n) is 11.1. The van der Waals surface area contributed by atoms with E-state index >= 15 is 8.78 Å². The highest BCUT2D eigenvalue weighted by Gasteiger charge is 2.61. The number of hydrogen-bond donors (Lipinski definition) is 2. The molecular weight excluding hydrogens is 714 g/mol. The molecule has 1 aromatic heterocycles. The third-order valence-corrected chi connectivity index (χ3v) is 11.1. The number of ketones is 4. The van der Waals surface area contributed by atoms with Crippen LogP contribution in [0, 0.1) is 41.4 Å². The molecule has 2 unspecified atom stereocenters. The molecule has 0 bridgehead atoms. The van der Waals surface area contributed by atoms with Crippen molar-refractivity contribution in [2.75, 3.05) is 6.54 Å². The fourth-order valence-corrected chi connectivity index (χ4v) is 7.97. The van der Waals surface area contributed by atoms with Crippen molar-refractivity contribution in [2.24, 2.45) is 41.4 Å². The van der Waals surface area contributed by atoms with Gasteiger partial charge in [0.15, 0.2) is 17.3 Å². The van der Waals surface area contributed by atoms with E-state index < -0.39 is 120 Å². The zero-order valence-corrected chi connectivity index (χ0v) is 32.1. The molecular formula is C41H52F2N4O8. The van der Waals surface area contributed by atoms with Crippen LogP contribution in [0.4, 0.5) is 8.78 Å². The van der Waals surface area contributed by atoms with Crippen LogP contribution >= 0.6 is 0 Å². The maximum absolute atomic E-state index is 15.3. The van der Waals surface area contributed by atoms with Gasteiger partial charge in [-0.3, -0.25) is 38.5 Å². The van der Waals surface area contributed by atoms with Gasteiger partial charge in [0.2, 0.25) is 17.6 Å². The predicted octanol–water partition coefficient (Wildman–Crippen LogP) is 5.18. The average molecular weight is 767 g/mol. The van der Waals surface area contributed by atoms with E-state index in [4.69, 9.17) is 0 Å². The van der Waals surface area contributed by atoms with Gasteiger partial charge in [-0.1, -0.05) is 71.4 Å². The van der Waals surface area contributed by atoms with Crippen LogP contribution in [0.25, 0.3) is 0 Å². The summed E-state index contributed by atoms with van der Waals surface area (Å²) in [7, 11) is 0. The number of amides is 2. The van der Waals surface area contributed by atoms with Crippen LogP contribution in [0.3, 0.4) is 0 Å². The first-order valence-corrected chi connectivity index (χ1v) is 19.1. The van der Waals surface area contributed by atoms with E-state index in [1.54, 1.807) is 65.0 Å². The van der Waals surface area contributed by atoms with Gasteiger partial charge in [-0.2, -0.15) is 0 Å². The zero-order valence-electron chi connectivity index (χ0n) is 32.1. The van der Waals surface area contributed by atoms with Crippen LogP contribution in [0.1, 0.15) is 95.6 Å². The molecule has 7 atom stereocenters. The number of benzene rings is 1. The molecule has 2 fully saturated rings. The minimum absolute atomic E-state index is 0.0203. The van der Waals surface area contributed by atoms with Crippen LogP contribution in [0.5, 0.6) is 0 Å². The Kier molecular flexibility index (Phi) is 14.6. The first kappa shape index (κ1) is 43.0. The summed E-state index contributed by atoms with van der Waals surface area (Å²) >= 11 is 0. The van der Waals surface area contributed by atoms with Gasteiger partial charge in [0, 0.05) is 62.4 Å². The second-order valence-corrected chi connectivity index (χ2v) is 15.7. The maximum Gasteiger partial charge on any atom is 0.307 e.